The second-order valence-corrected chi connectivity index (χ2v) is 8.32. The monoisotopic (exact) mass is 535 g/mol. The fourth-order valence-electron chi connectivity index (χ4n) is 2.40. The van der Waals surface area contributed by atoms with Crippen LogP contribution in [-0.2, 0) is 4.79 Å². The SMILES string of the molecule is Cc1cc(I)ccc1NC(=O)CCCOc1cc(C)c(Cl)c(C)c1Br. The van der Waals surface area contributed by atoms with Crippen molar-refractivity contribution in [2.45, 2.75) is 33.6 Å². The van der Waals surface area contributed by atoms with E-state index in [1.165, 1.54) is 0 Å². The van der Waals surface area contributed by atoms with Gasteiger partial charge in [0.25, 0.3) is 0 Å². The van der Waals surface area contributed by atoms with Crippen LogP contribution in [0.2, 0.25) is 5.02 Å². The lowest BCUT2D eigenvalue weighted by Gasteiger charge is -2.13. The Kier molecular flexibility index (Phi) is 7.58. The molecule has 0 aliphatic carbocycles. The normalized spacial score (nSPS) is 10.6. The first-order valence-electron chi connectivity index (χ1n) is 7.93. The molecule has 1 N–H and O–H groups in total. The summed E-state index contributed by atoms with van der Waals surface area (Å²) < 4.78 is 7.82. The molecule has 0 aromatic heterocycles. The Balaban J connectivity index is 1.84. The van der Waals surface area contributed by atoms with Gasteiger partial charge in [-0.05, 0) is 107 Å². The van der Waals surface area contributed by atoms with Gasteiger partial charge in [0.1, 0.15) is 5.75 Å². The van der Waals surface area contributed by atoms with Crippen LogP contribution < -0.4 is 10.1 Å². The fourth-order valence-corrected chi connectivity index (χ4v) is 3.74. The average Bonchev–Trinajstić information content (AvgIpc) is 2.56. The standard InChI is InChI=1S/C19H20BrClINO2/c1-11-9-14(22)6-7-15(11)23-17(24)5-4-8-25-16-10-12(2)19(21)13(3)18(16)20/h6-7,9-10H,4-5,8H2,1-3H3,(H,23,24). The predicted octanol–water partition coefficient (Wildman–Crippen LogP) is 6.43. The molecule has 0 aliphatic rings. The third-order valence-corrected chi connectivity index (χ3v) is 6.07. The number of carbonyl (C=O) groups is 1. The van der Waals surface area contributed by atoms with Gasteiger partial charge >= 0.3 is 0 Å². The fraction of sp³-hybridized carbons (Fsp3) is 0.316. The molecule has 6 heteroatoms. The van der Waals surface area contributed by atoms with Crippen LogP contribution >= 0.6 is 50.1 Å². The number of amides is 1. The van der Waals surface area contributed by atoms with Crippen molar-refractivity contribution in [3.05, 3.63) is 54.0 Å². The lowest BCUT2D eigenvalue weighted by atomic mass is 10.1. The van der Waals surface area contributed by atoms with Crippen LogP contribution in [0.3, 0.4) is 0 Å². The van der Waals surface area contributed by atoms with Crippen LogP contribution in [0.5, 0.6) is 5.75 Å². The second-order valence-electron chi connectivity index (χ2n) is 5.90. The van der Waals surface area contributed by atoms with Gasteiger partial charge in [0.15, 0.2) is 0 Å². The lowest BCUT2D eigenvalue weighted by molar-refractivity contribution is -0.116. The summed E-state index contributed by atoms with van der Waals surface area (Å²) in [6, 6.07) is 7.87. The van der Waals surface area contributed by atoms with Gasteiger partial charge in [-0.2, -0.15) is 0 Å². The largest absolute Gasteiger partial charge is 0.492 e. The Morgan fingerprint density at radius 3 is 2.64 bits per heavy atom. The van der Waals surface area contributed by atoms with Crippen LogP contribution in [0.1, 0.15) is 29.5 Å². The van der Waals surface area contributed by atoms with Crippen molar-refractivity contribution in [1.29, 1.82) is 0 Å². The molecule has 1 amide bonds. The number of carbonyl (C=O) groups excluding carboxylic acids is 1. The first-order chi connectivity index (χ1) is 11.8. The Morgan fingerprint density at radius 1 is 1.24 bits per heavy atom. The van der Waals surface area contributed by atoms with Crippen molar-refractivity contribution < 1.29 is 9.53 Å². The van der Waals surface area contributed by atoms with Gasteiger partial charge in [0.05, 0.1) is 11.1 Å². The van der Waals surface area contributed by atoms with Crippen molar-refractivity contribution in [3.8, 4) is 5.75 Å². The molecule has 2 rings (SSSR count). The first kappa shape index (κ1) is 20.5. The number of ether oxygens (including phenoxy) is 1. The van der Waals surface area contributed by atoms with E-state index in [1.807, 2.05) is 45.0 Å². The summed E-state index contributed by atoms with van der Waals surface area (Å²) in [6.45, 7) is 6.36. The number of halogens is 3. The van der Waals surface area contributed by atoms with Gasteiger partial charge < -0.3 is 10.1 Å². The zero-order valence-corrected chi connectivity index (χ0v) is 18.9. The average molecular weight is 537 g/mol. The minimum Gasteiger partial charge on any atom is -0.492 e. The molecule has 0 saturated heterocycles. The maximum absolute atomic E-state index is 12.1. The second kappa shape index (κ2) is 9.24. The number of hydrogen-bond acceptors (Lipinski definition) is 2. The predicted molar refractivity (Wildman–Crippen MR) is 116 cm³/mol. The van der Waals surface area contributed by atoms with E-state index < -0.39 is 0 Å². The van der Waals surface area contributed by atoms with Gasteiger partial charge in [-0.15, -0.1) is 0 Å². The van der Waals surface area contributed by atoms with Gasteiger partial charge in [-0.1, -0.05) is 11.6 Å². The number of anilines is 1. The molecule has 0 saturated carbocycles. The summed E-state index contributed by atoms with van der Waals surface area (Å²) in [5.74, 6) is 0.753. The maximum Gasteiger partial charge on any atom is 0.224 e. The van der Waals surface area contributed by atoms with Crippen LogP contribution in [-0.4, -0.2) is 12.5 Å². The molecular weight excluding hydrogens is 516 g/mol. The van der Waals surface area contributed by atoms with Crippen molar-refractivity contribution in [2.24, 2.45) is 0 Å². The molecular formula is C19H20BrClINO2. The van der Waals surface area contributed by atoms with E-state index in [0.717, 1.165) is 41.2 Å². The highest BCUT2D eigenvalue weighted by atomic mass is 127. The maximum atomic E-state index is 12.1. The molecule has 2 aromatic carbocycles. The Morgan fingerprint density at radius 2 is 1.96 bits per heavy atom. The van der Waals surface area contributed by atoms with Crippen molar-refractivity contribution in [1.82, 2.24) is 0 Å². The molecule has 2 aromatic rings. The smallest absolute Gasteiger partial charge is 0.224 e. The van der Waals surface area contributed by atoms with Crippen LogP contribution in [0.15, 0.2) is 28.7 Å². The van der Waals surface area contributed by atoms with E-state index in [1.54, 1.807) is 0 Å². The highest BCUT2D eigenvalue weighted by Crippen LogP contribution is 2.35. The molecule has 0 atom stereocenters. The summed E-state index contributed by atoms with van der Waals surface area (Å²) in [5, 5.41) is 3.69. The minimum absolute atomic E-state index is 0.00422. The third kappa shape index (κ3) is 5.59. The molecule has 25 heavy (non-hydrogen) atoms. The van der Waals surface area contributed by atoms with Crippen LogP contribution in [0, 0.1) is 24.3 Å². The van der Waals surface area contributed by atoms with Crippen LogP contribution in [0.4, 0.5) is 5.69 Å². The quantitative estimate of drug-likeness (QED) is 0.341. The van der Waals surface area contributed by atoms with E-state index in [2.05, 4.69) is 43.8 Å². The number of hydrogen-bond donors (Lipinski definition) is 1. The van der Waals surface area contributed by atoms with E-state index in [9.17, 15) is 4.79 Å². The zero-order valence-electron chi connectivity index (χ0n) is 14.4. The topological polar surface area (TPSA) is 38.3 Å². The zero-order chi connectivity index (χ0) is 18.6. The van der Waals surface area contributed by atoms with Crippen molar-refractivity contribution >= 4 is 61.7 Å². The Bertz CT molecular complexity index is 795. The highest BCUT2D eigenvalue weighted by Gasteiger charge is 2.11. The summed E-state index contributed by atoms with van der Waals surface area (Å²) in [4.78, 5) is 12.1. The Hall–Kier alpha value is -0.790. The summed E-state index contributed by atoms with van der Waals surface area (Å²) in [7, 11) is 0. The summed E-state index contributed by atoms with van der Waals surface area (Å²) in [6.07, 6.45) is 1.05. The molecule has 0 heterocycles. The molecule has 0 fully saturated rings. The minimum atomic E-state index is -0.00422. The molecule has 0 unspecified atom stereocenters. The summed E-state index contributed by atoms with van der Waals surface area (Å²) >= 11 is 12.0. The number of benzene rings is 2. The van der Waals surface area contributed by atoms with Crippen molar-refractivity contribution in [3.63, 3.8) is 0 Å². The van der Waals surface area contributed by atoms with Gasteiger partial charge in [-0.3, -0.25) is 4.79 Å². The lowest BCUT2D eigenvalue weighted by Crippen LogP contribution is -2.13. The van der Waals surface area contributed by atoms with E-state index >= 15 is 0 Å². The molecule has 0 aliphatic heterocycles. The van der Waals surface area contributed by atoms with E-state index in [4.69, 9.17) is 16.3 Å². The number of aryl methyl sites for hydroxylation is 2. The molecule has 3 nitrogen and oxygen atoms in total. The van der Waals surface area contributed by atoms with Crippen LogP contribution in [0.25, 0.3) is 0 Å². The highest BCUT2D eigenvalue weighted by molar-refractivity contribution is 14.1. The summed E-state index contributed by atoms with van der Waals surface area (Å²) in [5.41, 5.74) is 3.86. The number of rotatable bonds is 6. The Labute approximate surface area is 175 Å². The van der Waals surface area contributed by atoms with Gasteiger partial charge in [0.2, 0.25) is 5.91 Å². The molecule has 0 radical (unpaired) electrons. The van der Waals surface area contributed by atoms with E-state index in [0.29, 0.717) is 19.4 Å². The molecule has 0 bridgehead atoms. The van der Waals surface area contributed by atoms with Gasteiger partial charge in [-0.25, -0.2) is 0 Å². The molecule has 0 spiro atoms. The van der Waals surface area contributed by atoms with Crippen molar-refractivity contribution in [2.75, 3.05) is 11.9 Å². The van der Waals surface area contributed by atoms with Gasteiger partial charge in [0, 0.05) is 20.7 Å². The van der Waals surface area contributed by atoms with E-state index in [-0.39, 0.29) is 5.91 Å². The first-order valence-corrected chi connectivity index (χ1v) is 10.2. The third-order valence-electron chi connectivity index (χ3n) is 3.84. The molecule has 134 valence electrons. The number of nitrogens with one attached hydrogen (secondary N) is 1.